The standard InChI is InChI=1S/C18H16N6OS/c1-11-6-8-19-14(10-11)21-15(25)7-9-26-18-22-17-16(23-24-18)12-4-2-3-5-13(12)20-17/h2-6,8,10H,7,9H2,1H3,(H,19,21,25)(H,20,22,24). The number of aromatic amines is 1. The number of aryl methyl sites for hydroxylation is 1. The Morgan fingerprint density at radius 2 is 2.12 bits per heavy atom. The molecule has 1 aromatic carbocycles. The summed E-state index contributed by atoms with van der Waals surface area (Å²) < 4.78 is 0. The fourth-order valence-corrected chi connectivity index (χ4v) is 3.34. The average molecular weight is 364 g/mol. The summed E-state index contributed by atoms with van der Waals surface area (Å²) in [6, 6.07) is 11.6. The molecule has 0 aliphatic heterocycles. The van der Waals surface area contributed by atoms with Gasteiger partial charge >= 0.3 is 0 Å². The Morgan fingerprint density at radius 3 is 3.00 bits per heavy atom. The maximum absolute atomic E-state index is 12.0. The van der Waals surface area contributed by atoms with Gasteiger partial charge in [-0.15, -0.1) is 10.2 Å². The molecule has 0 saturated carbocycles. The second kappa shape index (κ2) is 7.09. The van der Waals surface area contributed by atoms with Crippen molar-refractivity contribution in [1.82, 2.24) is 25.1 Å². The molecule has 0 spiro atoms. The van der Waals surface area contributed by atoms with Crippen molar-refractivity contribution in [3.05, 3.63) is 48.2 Å². The van der Waals surface area contributed by atoms with E-state index in [1.165, 1.54) is 11.8 Å². The minimum atomic E-state index is -0.0877. The molecular formula is C18H16N6OS. The van der Waals surface area contributed by atoms with Crippen molar-refractivity contribution in [1.29, 1.82) is 0 Å². The summed E-state index contributed by atoms with van der Waals surface area (Å²) in [6.07, 6.45) is 2.02. The number of nitrogens with one attached hydrogen (secondary N) is 2. The van der Waals surface area contributed by atoms with Crippen LogP contribution in [0, 0.1) is 6.92 Å². The number of nitrogens with zero attached hydrogens (tertiary/aromatic N) is 4. The van der Waals surface area contributed by atoms with Gasteiger partial charge in [0.25, 0.3) is 0 Å². The Kier molecular flexibility index (Phi) is 4.49. The molecule has 7 nitrogen and oxygen atoms in total. The highest BCUT2D eigenvalue weighted by atomic mass is 32.2. The van der Waals surface area contributed by atoms with Crippen LogP contribution in [0.3, 0.4) is 0 Å². The van der Waals surface area contributed by atoms with Gasteiger partial charge in [0, 0.05) is 29.3 Å². The molecule has 2 N–H and O–H groups in total. The van der Waals surface area contributed by atoms with Gasteiger partial charge in [-0.25, -0.2) is 9.97 Å². The van der Waals surface area contributed by atoms with Crippen LogP contribution in [0.1, 0.15) is 12.0 Å². The number of thioether (sulfide) groups is 1. The van der Waals surface area contributed by atoms with Gasteiger partial charge in [-0.3, -0.25) is 4.79 Å². The van der Waals surface area contributed by atoms with Crippen LogP contribution >= 0.6 is 11.8 Å². The van der Waals surface area contributed by atoms with E-state index in [1.807, 2.05) is 43.3 Å². The summed E-state index contributed by atoms with van der Waals surface area (Å²) in [5, 5.41) is 12.8. The number of anilines is 1. The zero-order valence-corrected chi connectivity index (χ0v) is 14.9. The Hall–Kier alpha value is -3.00. The number of para-hydroxylation sites is 1. The Balaban J connectivity index is 1.38. The minimum Gasteiger partial charge on any atom is -0.338 e. The number of H-pyrrole nitrogens is 1. The highest BCUT2D eigenvalue weighted by Crippen LogP contribution is 2.23. The predicted octanol–water partition coefficient (Wildman–Crippen LogP) is 3.33. The van der Waals surface area contributed by atoms with Crippen LogP contribution in [0.2, 0.25) is 0 Å². The second-order valence-electron chi connectivity index (χ2n) is 5.83. The molecule has 26 heavy (non-hydrogen) atoms. The second-order valence-corrected chi connectivity index (χ2v) is 6.89. The van der Waals surface area contributed by atoms with E-state index in [0.29, 0.717) is 28.8 Å². The largest absolute Gasteiger partial charge is 0.338 e. The third-order valence-corrected chi connectivity index (χ3v) is 4.69. The molecule has 0 unspecified atom stereocenters. The fraction of sp³-hybridized carbons (Fsp3) is 0.167. The molecule has 0 radical (unpaired) electrons. The molecule has 3 heterocycles. The lowest BCUT2D eigenvalue weighted by Gasteiger charge is -2.04. The molecule has 0 saturated heterocycles. The highest BCUT2D eigenvalue weighted by Gasteiger charge is 2.10. The fourth-order valence-electron chi connectivity index (χ4n) is 2.61. The van der Waals surface area contributed by atoms with Gasteiger partial charge in [0.15, 0.2) is 5.65 Å². The lowest BCUT2D eigenvalue weighted by molar-refractivity contribution is -0.115. The van der Waals surface area contributed by atoms with Gasteiger partial charge in [0.05, 0.1) is 0 Å². The summed E-state index contributed by atoms with van der Waals surface area (Å²) >= 11 is 1.40. The normalized spacial score (nSPS) is 11.1. The van der Waals surface area contributed by atoms with Gasteiger partial charge in [-0.1, -0.05) is 30.0 Å². The number of carbonyl (C=O) groups excluding carboxylic acids is 1. The maximum Gasteiger partial charge on any atom is 0.226 e. The monoisotopic (exact) mass is 364 g/mol. The van der Waals surface area contributed by atoms with Crippen LogP contribution in [0.5, 0.6) is 0 Å². The number of amides is 1. The lowest BCUT2D eigenvalue weighted by atomic mass is 10.2. The first kappa shape index (κ1) is 16.5. The number of pyridine rings is 1. The number of rotatable bonds is 5. The zero-order chi connectivity index (χ0) is 17.9. The number of aromatic nitrogens is 5. The molecule has 4 aromatic rings. The van der Waals surface area contributed by atoms with Crippen molar-refractivity contribution >= 4 is 45.6 Å². The van der Waals surface area contributed by atoms with Crippen molar-refractivity contribution in [2.75, 3.05) is 11.1 Å². The average Bonchev–Trinajstić information content (AvgIpc) is 2.99. The first-order valence-corrected chi connectivity index (χ1v) is 9.14. The van der Waals surface area contributed by atoms with E-state index in [4.69, 9.17) is 0 Å². The zero-order valence-electron chi connectivity index (χ0n) is 14.1. The van der Waals surface area contributed by atoms with Crippen molar-refractivity contribution in [3.63, 3.8) is 0 Å². The van der Waals surface area contributed by atoms with Gasteiger partial charge in [0.1, 0.15) is 11.3 Å². The van der Waals surface area contributed by atoms with Gasteiger partial charge in [-0.2, -0.15) is 0 Å². The molecule has 0 aliphatic rings. The summed E-state index contributed by atoms with van der Waals surface area (Å²) in [7, 11) is 0. The van der Waals surface area contributed by atoms with Crippen LogP contribution in [-0.4, -0.2) is 36.8 Å². The van der Waals surface area contributed by atoms with Crippen LogP contribution in [-0.2, 0) is 4.79 Å². The molecule has 8 heteroatoms. The lowest BCUT2D eigenvalue weighted by Crippen LogP contribution is -2.13. The van der Waals surface area contributed by atoms with Crippen LogP contribution in [0.4, 0.5) is 5.82 Å². The number of carbonyl (C=O) groups is 1. The molecular weight excluding hydrogens is 348 g/mol. The number of benzene rings is 1. The van der Waals surface area contributed by atoms with Crippen molar-refractivity contribution in [3.8, 4) is 0 Å². The Labute approximate surface area is 153 Å². The molecule has 4 rings (SSSR count). The third-order valence-electron chi connectivity index (χ3n) is 3.85. The molecule has 1 amide bonds. The molecule has 3 aromatic heterocycles. The summed E-state index contributed by atoms with van der Waals surface area (Å²) in [6.45, 7) is 1.96. The minimum absolute atomic E-state index is 0.0877. The van der Waals surface area contributed by atoms with Crippen molar-refractivity contribution in [2.24, 2.45) is 0 Å². The predicted molar refractivity (Wildman–Crippen MR) is 102 cm³/mol. The van der Waals surface area contributed by atoms with E-state index in [9.17, 15) is 4.79 Å². The first-order chi connectivity index (χ1) is 12.7. The molecule has 0 fully saturated rings. The van der Waals surface area contributed by atoms with E-state index in [2.05, 4.69) is 30.5 Å². The summed E-state index contributed by atoms with van der Waals surface area (Å²) in [5.41, 5.74) is 3.50. The smallest absolute Gasteiger partial charge is 0.226 e. The molecule has 0 atom stereocenters. The van der Waals surface area contributed by atoms with Crippen molar-refractivity contribution in [2.45, 2.75) is 18.5 Å². The van der Waals surface area contributed by atoms with E-state index in [-0.39, 0.29) is 5.91 Å². The van der Waals surface area contributed by atoms with Gasteiger partial charge in [0.2, 0.25) is 11.1 Å². The van der Waals surface area contributed by atoms with E-state index >= 15 is 0 Å². The molecule has 0 bridgehead atoms. The summed E-state index contributed by atoms with van der Waals surface area (Å²) in [4.78, 5) is 23.9. The quantitative estimate of drug-likeness (QED) is 0.527. The van der Waals surface area contributed by atoms with E-state index in [1.54, 1.807) is 6.20 Å². The Morgan fingerprint density at radius 1 is 1.23 bits per heavy atom. The molecule has 130 valence electrons. The van der Waals surface area contributed by atoms with E-state index < -0.39 is 0 Å². The van der Waals surface area contributed by atoms with Crippen LogP contribution in [0.15, 0.2) is 47.8 Å². The number of hydrogen-bond donors (Lipinski definition) is 2. The SMILES string of the molecule is Cc1ccnc(NC(=O)CCSc2nnc3c(n2)[nH]c2ccccc23)c1. The highest BCUT2D eigenvalue weighted by molar-refractivity contribution is 7.99. The van der Waals surface area contributed by atoms with Crippen LogP contribution in [0.25, 0.3) is 22.1 Å². The third kappa shape index (κ3) is 3.50. The topological polar surface area (TPSA) is 96.5 Å². The number of fused-ring (bicyclic) bond motifs is 3. The van der Waals surface area contributed by atoms with Gasteiger partial charge in [-0.05, 0) is 30.7 Å². The van der Waals surface area contributed by atoms with Gasteiger partial charge < -0.3 is 10.3 Å². The summed E-state index contributed by atoms with van der Waals surface area (Å²) in [5.74, 6) is 1.04. The maximum atomic E-state index is 12.0. The van der Waals surface area contributed by atoms with Crippen LogP contribution < -0.4 is 5.32 Å². The Bertz CT molecular complexity index is 1090. The number of hydrogen-bond acceptors (Lipinski definition) is 6. The van der Waals surface area contributed by atoms with E-state index in [0.717, 1.165) is 22.0 Å². The van der Waals surface area contributed by atoms with Crippen molar-refractivity contribution < 1.29 is 4.79 Å². The molecule has 0 aliphatic carbocycles. The first-order valence-electron chi connectivity index (χ1n) is 8.15.